The predicted molar refractivity (Wildman–Crippen MR) is 243 cm³/mol. The molecular formula is C54H53BN2. The average molecular weight is 741 g/mol. The van der Waals surface area contributed by atoms with E-state index < -0.39 is 0 Å². The summed E-state index contributed by atoms with van der Waals surface area (Å²) in [6, 6.07) is 48.3. The quantitative estimate of drug-likeness (QED) is 0.160. The van der Waals surface area contributed by atoms with Crippen LogP contribution in [-0.2, 0) is 0 Å². The Bertz CT molecular complexity index is 2600. The highest BCUT2D eigenvalue weighted by atomic mass is 15.2. The summed E-state index contributed by atoms with van der Waals surface area (Å²) in [5.74, 6) is 2.04. The van der Waals surface area contributed by atoms with Crippen molar-refractivity contribution < 1.29 is 0 Å². The maximum absolute atomic E-state index is 2.68. The van der Waals surface area contributed by atoms with E-state index in [0.717, 1.165) is 0 Å². The summed E-state index contributed by atoms with van der Waals surface area (Å²) in [6.07, 6.45) is 20.3. The van der Waals surface area contributed by atoms with Gasteiger partial charge >= 0.3 is 0 Å². The lowest BCUT2D eigenvalue weighted by atomic mass is 9.37. The molecule has 282 valence electrons. The lowest BCUT2D eigenvalue weighted by Crippen LogP contribution is -2.55. The Balaban J connectivity index is 1.11. The highest BCUT2D eigenvalue weighted by Gasteiger charge is 2.44. The fourth-order valence-electron chi connectivity index (χ4n) is 12.3. The molecule has 3 aliphatic carbocycles. The molecule has 1 aromatic heterocycles. The molecule has 3 heterocycles. The number of para-hydroxylation sites is 2. The third-order valence-corrected chi connectivity index (χ3v) is 15.2. The second-order valence-electron chi connectivity index (χ2n) is 18.3. The normalized spacial score (nSPS) is 18.6. The fraction of sp³-hybridized carbons (Fsp3) is 0.333. The Morgan fingerprint density at radius 2 is 0.930 bits per heavy atom. The van der Waals surface area contributed by atoms with Crippen LogP contribution >= 0.6 is 0 Å². The Hall–Kier alpha value is -5.02. The van der Waals surface area contributed by atoms with Gasteiger partial charge in [-0.25, -0.2) is 0 Å². The average Bonchev–Trinajstić information content (AvgIpc) is 3.80. The van der Waals surface area contributed by atoms with Crippen molar-refractivity contribution in [3.8, 4) is 16.8 Å². The van der Waals surface area contributed by atoms with E-state index in [1.807, 2.05) is 0 Å². The van der Waals surface area contributed by atoms with Gasteiger partial charge in [0.1, 0.15) is 0 Å². The summed E-state index contributed by atoms with van der Waals surface area (Å²) in [4.78, 5) is 2.66. The minimum atomic E-state index is 0.233. The molecule has 0 bridgehead atoms. The molecular weight excluding hydrogens is 687 g/mol. The van der Waals surface area contributed by atoms with Crippen molar-refractivity contribution in [3.05, 3.63) is 138 Å². The molecule has 6 aromatic carbocycles. The molecule has 0 saturated heterocycles. The van der Waals surface area contributed by atoms with Gasteiger partial charge in [0.05, 0.1) is 11.0 Å². The molecule has 0 N–H and O–H groups in total. The van der Waals surface area contributed by atoms with Crippen molar-refractivity contribution in [1.29, 1.82) is 0 Å². The van der Waals surface area contributed by atoms with Crippen molar-refractivity contribution in [3.63, 3.8) is 0 Å². The van der Waals surface area contributed by atoms with Crippen LogP contribution in [-0.4, -0.2) is 11.3 Å². The lowest BCUT2D eigenvalue weighted by Gasteiger charge is -2.37. The summed E-state index contributed by atoms with van der Waals surface area (Å²) < 4.78 is 2.54. The molecule has 12 rings (SSSR count). The Morgan fingerprint density at radius 3 is 1.54 bits per heavy atom. The van der Waals surface area contributed by atoms with Gasteiger partial charge < -0.3 is 9.47 Å². The van der Waals surface area contributed by atoms with Crippen LogP contribution in [0.25, 0.3) is 38.6 Å². The molecule has 7 aromatic rings. The highest BCUT2D eigenvalue weighted by Crippen LogP contribution is 2.46. The first-order valence-corrected chi connectivity index (χ1v) is 22.6. The van der Waals surface area contributed by atoms with Crippen molar-refractivity contribution in [2.45, 2.75) is 114 Å². The molecule has 0 unspecified atom stereocenters. The van der Waals surface area contributed by atoms with Crippen LogP contribution < -0.4 is 21.3 Å². The van der Waals surface area contributed by atoms with E-state index >= 15 is 0 Å². The summed E-state index contributed by atoms with van der Waals surface area (Å²) in [6.45, 7) is 0.233. The third-order valence-electron chi connectivity index (χ3n) is 15.2. The minimum Gasteiger partial charge on any atom is -0.311 e. The molecule has 2 aliphatic heterocycles. The number of benzene rings is 6. The van der Waals surface area contributed by atoms with E-state index in [4.69, 9.17) is 0 Å². The van der Waals surface area contributed by atoms with E-state index in [1.165, 1.54) is 174 Å². The number of nitrogens with zero attached hydrogens (tertiary/aromatic N) is 2. The van der Waals surface area contributed by atoms with Crippen LogP contribution in [0.2, 0.25) is 0 Å². The summed E-state index contributed by atoms with van der Waals surface area (Å²) >= 11 is 0. The zero-order valence-corrected chi connectivity index (χ0v) is 33.4. The van der Waals surface area contributed by atoms with Crippen LogP contribution in [0.5, 0.6) is 0 Å². The van der Waals surface area contributed by atoms with Crippen molar-refractivity contribution in [2.24, 2.45) is 0 Å². The second-order valence-corrected chi connectivity index (χ2v) is 18.3. The fourth-order valence-corrected chi connectivity index (χ4v) is 12.3. The molecule has 0 radical (unpaired) electrons. The van der Waals surface area contributed by atoms with Crippen molar-refractivity contribution >= 4 is 62.0 Å². The number of rotatable bonds is 5. The smallest absolute Gasteiger partial charge is 0.248 e. The lowest BCUT2D eigenvalue weighted by molar-refractivity contribution is 0.443. The van der Waals surface area contributed by atoms with E-state index in [9.17, 15) is 0 Å². The van der Waals surface area contributed by atoms with Gasteiger partial charge in [0, 0.05) is 33.5 Å². The monoisotopic (exact) mass is 740 g/mol. The first-order chi connectivity index (χ1) is 28.3. The van der Waals surface area contributed by atoms with Gasteiger partial charge in [0.15, 0.2) is 0 Å². The van der Waals surface area contributed by atoms with Crippen molar-refractivity contribution in [1.82, 2.24) is 4.57 Å². The summed E-state index contributed by atoms with van der Waals surface area (Å²) in [5, 5.41) is 2.63. The van der Waals surface area contributed by atoms with Crippen LogP contribution in [0.4, 0.5) is 17.1 Å². The first kappa shape index (κ1) is 34.1. The number of hydrogen-bond donors (Lipinski definition) is 0. The molecule has 57 heavy (non-hydrogen) atoms. The number of fused-ring (bicyclic) bond motifs is 8. The Labute approximate surface area is 339 Å². The van der Waals surface area contributed by atoms with Crippen LogP contribution in [0.15, 0.2) is 121 Å². The van der Waals surface area contributed by atoms with Crippen molar-refractivity contribution in [2.75, 3.05) is 4.90 Å². The summed E-state index contributed by atoms with van der Waals surface area (Å²) in [5.41, 5.74) is 19.8. The maximum atomic E-state index is 2.68. The maximum Gasteiger partial charge on any atom is 0.248 e. The summed E-state index contributed by atoms with van der Waals surface area (Å²) in [7, 11) is 0. The van der Waals surface area contributed by atoms with E-state index in [-0.39, 0.29) is 6.71 Å². The standard InChI is InChI=1S/C54H53BN2/c1-4-14-36(15-5-1)39-24-28-42(29-25-39)56-52-31-27-41(38-18-8-3-9-19-38)33-49(52)55-48-32-40(37-16-6-2-7-17-37)26-30-44(48)47-34-43(35-53(56)54(47)55)57-50-22-12-10-20-45(50)46-21-11-13-23-51(46)57/h10-13,20-38H,1-9,14-19H2. The first-order valence-electron chi connectivity index (χ1n) is 22.6. The van der Waals surface area contributed by atoms with E-state index in [0.29, 0.717) is 17.8 Å². The number of aromatic nitrogens is 1. The SMILES string of the molecule is c1ccc2c(c1)c1ccccc1n2-c1cc2c3c(c1)N(c1ccc(C4CCCCC4)cc1)c1ccc(C4CCCCC4)cc1B3c1cc(C3CCCCC3)ccc1-2. The molecule has 0 amide bonds. The molecule has 3 saturated carbocycles. The van der Waals surface area contributed by atoms with E-state index in [1.54, 1.807) is 11.1 Å². The molecule has 0 spiro atoms. The van der Waals surface area contributed by atoms with Gasteiger partial charge in [-0.05, 0) is 137 Å². The molecule has 3 heteroatoms. The highest BCUT2D eigenvalue weighted by molar-refractivity contribution is 7.01. The van der Waals surface area contributed by atoms with Crippen LogP contribution in [0, 0.1) is 0 Å². The van der Waals surface area contributed by atoms with Gasteiger partial charge in [-0.15, -0.1) is 0 Å². The Morgan fingerprint density at radius 1 is 0.404 bits per heavy atom. The number of anilines is 3. The van der Waals surface area contributed by atoms with Gasteiger partial charge in [-0.3, -0.25) is 0 Å². The zero-order valence-electron chi connectivity index (χ0n) is 33.4. The zero-order chi connectivity index (χ0) is 37.5. The Kier molecular flexibility index (Phi) is 8.26. The predicted octanol–water partition coefficient (Wildman–Crippen LogP) is 13.2. The van der Waals surface area contributed by atoms with Gasteiger partial charge in [0.2, 0.25) is 6.71 Å². The van der Waals surface area contributed by atoms with Crippen LogP contribution in [0.3, 0.4) is 0 Å². The number of hydrogen-bond acceptors (Lipinski definition) is 1. The molecule has 0 atom stereocenters. The molecule has 2 nitrogen and oxygen atoms in total. The second kappa shape index (κ2) is 13.8. The van der Waals surface area contributed by atoms with Gasteiger partial charge in [-0.1, -0.05) is 142 Å². The molecule has 3 fully saturated rings. The topological polar surface area (TPSA) is 8.17 Å². The van der Waals surface area contributed by atoms with E-state index in [2.05, 4.69) is 131 Å². The van der Waals surface area contributed by atoms with Gasteiger partial charge in [-0.2, -0.15) is 0 Å². The van der Waals surface area contributed by atoms with Crippen LogP contribution in [0.1, 0.15) is 131 Å². The largest absolute Gasteiger partial charge is 0.311 e. The molecule has 5 aliphatic rings. The minimum absolute atomic E-state index is 0.233. The third kappa shape index (κ3) is 5.51. The van der Waals surface area contributed by atoms with Gasteiger partial charge in [0.25, 0.3) is 0 Å².